The number of rotatable bonds is 3. The van der Waals surface area contributed by atoms with Gasteiger partial charge < -0.3 is 10.2 Å². The fourth-order valence-corrected chi connectivity index (χ4v) is 2.21. The van der Waals surface area contributed by atoms with Gasteiger partial charge in [0.2, 0.25) is 0 Å². The van der Waals surface area contributed by atoms with Crippen molar-refractivity contribution in [2.45, 2.75) is 0 Å². The Kier molecular flexibility index (Phi) is 3.27. The smallest absolute Gasteiger partial charge is 0.259 e. The number of imide groups is 1. The lowest BCUT2D eigenvalue weighted by molar-refractivity contribution is -0.114. The summed E-state index contributed by atoms with van der Waals surface area (Å²) in [6.45, 7) is 0. The minimum absolute atomic E-state index is 0.232. The second-order valence-corrected chi connectivity index (χ2v) is 4.78. The van der Waals surface area contributed by atoms with Gasteiger partial charge in [0.15, 0.2) is 0 Å². The molecule has 3 N–H and O–H groups in total. The van der Waals surface area contributed by atoms with Crippen LogP contribution in [0.1, 0.15) is 26.5 Å². The van der Waals surface area contributed by atoms with E-state index in [-0.39, 0.29) is 16.9 Å². The minimum atomic E-state index is -0.849. The first-order valence-corrected chi connectivity index (χ1v) is 6.51. The Balaban J connectivity index is 1.98. The molecule has 1 aliphatic rings. The van der Waals surface area contributed by atoms with Gasteiger partial charge in [0.1, 0.15) is 23.2 Å². The summed E-state index contributed by atoms with van der Waals surface area (Å²) >= 11 is 0. The van der Waals surface area contributed by atoms with Crippen LogP contribution in [0.4, 0.5) is 0 Å². The Bertz CT molecular complexity index is 931. The molecular weight excluding hydrogens is 298 g/mol. The molecule has 2 aromatic rings. The van der Waals surface area contributed by atoms with Crippen LogP contribution in [0.2, 0.25) is 0 Å². The average molecular weight is 307 g/mol. The second kappa shape index (κ2) is 5.27. The Morgan fingerprint density at radius 3 is 2.61 bits per heavy atom. The van der Waals surface area contributed by atoms with Gasteiger partial charge in [-0.05, 0) is 24.3 Å². The lowest BCUT2D eigenvalue weighted by Crippen LogP contribution is -2.19. The summed E-state index contributed by atoms with van der Waals surface area (Å²) in [6.07, 6.45) is 1.23. The van der Waals surface area contributed by atoms with Gasteiger partial charge in [-0.1, -0.05) is 6.07 Å². The maximum atomic E-state index is 11.7. The first-order valence-electron chi connectivity index (χ1n) is 6.51. The maximum absolute atomic E-state index is 11.7. The number of primary amides is 1. The largest absolute Gasteiger partial charge is 0.457 e. The molecule has 112 valence electrons. The molecular formula is C16H9N3O4. The van der Waals surface area contributed by atoms with Gasteiger partial charge in [0.05, 0.1) is 11.1 Å². The fraction of sp³-hybridized carbons (Fsp3) is 0. The van der Waals surface area contributed by atoms with Crippen LogP contribution in [0.15, 0.2) is 40.3 Å². The molecule has 0 aliphatic carbocycles. The van der Waals surface area contributed by atoms with Crippen LogP contribution in [-0.4, -0.2) is 17.7 Å². The highest BCUT2D eigenvalue weighted by Crippen LogP contribution is 2.27. The van der Waals surface area contributed by atoms with Crippen LogP contribution in [0.25, 0.3) is 17.4 Å². The molecule has 0 radical (unpaired) electrons. The van der Waals surface area contributed by atoms with Gasteiger partial charge in [-0.15, -0.1) is 0 Å². The molecule has 0 unspecified atom stereocenters. The number of amides is 3. The highest BCUT2D eigenvalue weighted by Gasteiger charge is 2.27. The van der Waals surface area contributed by atoms with E-state index < -0.39 is 17.7 Å². The Morgan fingerprint density at radius 2 is 1.91 bits per heavy atom. The van der Waals surface area contributed by atoms with Crippen LogP contribution in [0.3, 0.4) is 0 Å². The van der Waals surface area contributed by atoms with E-state index in [2.05, 4.69) is 5.32 Å². The van der Waals surface area contributed by atoms with E-state index in [1.54, 1.807) is 30.3 Å². The summed E-state index contributed by atoms with van der Waals surface area (Å²) in [4.78, 5) is 34.2. The molecule has 0 bridgehead atoms. The van der Waals surface area contributed by atoms with Gasteiger partial charge in [0.25, 0.3) is 17.7 Å². The van der Waals surface area contributed by atoms with Crippen LogP contribution < -0.4 is 11.1 Å². The van der Waals surface area contributed by atoms with Crippen molar-refractivity contribution >= 4 is 23.8 Å². The molecule has 7 nitrogen and oxygen atoms in total. The first kappa shape index (κ1) is 14.3. The zero-order valence-corrected chi connectivity index (χ0v) is 11.6. The first-order chi connectivity index (χ1) is 11.0. The van der Waals surface area contributed by atoms with E-state index in [1.165, 1.54) is 12.1 Å². The van der Waals surface area contributed by atoms with Crippen molar-refractivity contribution in [2.24, 2.45) is 5.73 Å². The number of nitrogens with two attached hydrogens (primary N) is 1. The molecule has 1 aliphatic heterocycles. The zero-order valence-electron chi connectivity index (χ0n) is 11.6. The summed E-state index contributed by atoms with van der Waals surface area (Å²) in [5, 5.41) is 11.0. The highest BCUT2D eigenvalue weighted by atomic mass is 16.3. The molecule has 3 amide bonds. The van der Waals surface area contributed by atoms with Crippen LogP contribution in [-0.2, 0) is 4.79 Å². The lowest BCUT2D eigenvalue weighted by Gasteiger charge is -1.99. The van der Waals surface area contributed by atoms with Crippen LogP contribution >= 0.6 is 0 Å². The van der Waals surface area contributed by atoms with Crippen LogP contribution in [0, 0.1) is 11.3 Å². The molecule has 0 saturated heterocycles. The van der Waals surface area contributed by atoms with E-state index in [4.69, 9.17) is 15.4 Å². The zero-order chi connectivity index (χ0) is 16.6. The molecule has 2 heterocycles. The van der Waals surface area contributed by atoms with E-state index in [0.717, 1.165) is 0 Å². The van der Waals surface area contributed by atoms with E-state index in [0.29, 0.717) is 16.9 Å². The highest BCUT2D eigenvalue weighted by molar-refractivity contribution is 6.21. The summed E-state index contributed by atoms with van der Waals surface area (Å²) in [5.74, 6) is -1.04. The summed E-state index contributed by atoms with van der Waals surface area (Å²) in [6, 6.07) is 9.59. The number of nitrogens with one attached hydrogen (secondary N) is 1. The van der Waals surface area contributed by atoms with Crippen LogP contribution in [0.5, 0.6) is 0 Å². The van der Waals surface area contributed by atoms with E-state index in [1.807, 2.05) is 0 Å². The van der Waals surface area contributed by atoms with Crippen molar-refractivity contribution in [3.8, 4) is 17.4 Å². The Hall–Kier alpha value is -3.66. The number of nitrogens with zero attached hydrogens (tertiary/aromatic N) is 1. The predicted molar refractivity (Wildman–Crippen MR) is 78.7 cm³/mol. The summed E-state index contributed by atoms with van der Waals surface area (Å²) in [5.41, 5.74) is 6.00. The number of hydrogen-bond donors (Lipinski definition) is 2. The quantitative estimate of drug-likeness (QED) is 0.501. The molecule has 1 aromatic carbocycles. The maximum Gasteiger partial charge on any atom is 0.259 e. The summed E-state index contributed by atoms with van der Waals surface area (Å²) < 4.78 is 5.52. The molecule has 0 atom stereocenters. The minimum Gasteiger partial charge on any atom is -0.457 e. The van der Waals surface area contributed by atoms with Gasteiger partial charge in [-0.3, -0.25) is 19.7 Å². The standard InChI is InChI=1S/C16H9N3O4/c17-7-9(14(18)20)5-10-2-4-13(23-10)8-1-3-11-12(6-8)16(22)19-15(11)21/h1-6H,(H2,18,20)(H,19,21,22). The Labute approximate surface area is 130 Å². The molecule has 3 rings (SSSR count). The number of furan rings is 1. The Morgan fingerprint density at radius 1 is 1.17 bits per heavy atom. The third-order valence-corrected chi connectivity index (χ3v) is 3.32. The third kappa shape index (κ3) is 2.49. The average Bonchev–Trinajstić information content (AvgIpc) is 3.10. The van der Waals surface area contributed by atoms with E-state index in [9.17, 15) is 14.4 Å². The molecule has 1 aromatic heterocycles. The normalized spacial score (nSPS) is 13.4. The molecule has 0 fully saturated rings. The number of hydrogen-bond acceptors (Lipinski definition) is 5. The number of carbonyl (C=O) groups is 3. The number of benzene rings is 1. The second-order valence-electron chi connectivity index (χ2n) is 4.78. The summed E-state index contributed by atoms with van der Waals surface area (Å²) in [7, 11) is 0. The molecule has 23 heavy (non-hydrogen) atoms. The van der Waals surface area contributed by atoms with Crippen molar-refractivity contribution in [1.29, 1.82) is 5.26 Å². The third-order valence-electron chi connectivity index (χ3n) is 3.32. The van der Waals surface area contributed by atoms with Gasteiger partial charge in [-0.25, -0.2) is 0 Å². The van der Waals surface area contributed by atoms with E-state index >= 15 is 0 Å². The lowest BCUT2D eigenvalue weighted by atomic mass is 10.0. The number of nitriles is 1. The predicted octanol–water partition coefficient (Wildman–Crippen LogP) is 1.22. The van der Waals surface area contributed by atoms with Gasteiger partial charge >= 0.3 is 0 Å². The number of carbonyl (C=O) groups excluding carboxylic acids is 3. The van der Waals surface area contributed by atoms with Crippen molar-refractivity contribution < 1.29 is 18.8 Å². The van der Waals surface area contributed by atoms with Crippen molar-refractivity contribution in [3.05, 3.63) is 52.8 Å². The fourth-order valence-electron chi connectivity index (χ4n) is 2.21. The van der Waals surface area contributed by atoms with Crippen molar-refractivity contribution in [2.75, 3.05) is 0 Å². The van der Waals surface area contributed by atoms with Crippen molar-refractivity contribution in [1.82, 2.24) is 5.32 Å². The molecule has 0 spiro atoms. The molecule has 0 saturated carbocycles. The van der Waals surface area contributed by atoms with Crippen molar-refractivity contribution in [3.63, 3.8) is 0 Å². The van der Waals surface area contributed by atoms with Gasteiger partial charge in [-0.2, -0.15) is 5.26 Å². The molecule has 7 heteroatoms. The number of fused-ring (bicyclic) bond motifs is 1. The monoisotopic (exact) mass is 307 g/mol. The topological polar surface area (TPSA) is 126 Å². The SMILES string of the molecule is N#CC(=Cc1ccc(-c2ccc3c(c2)C(=O)NC3=O)o1)C(N)=O. The van der Waals surface area contributed by atoms with Gasteiger partial charge in [0, 0.05) is 11.6 Å².